The summed E-state index contributed by atoms with van der Waals surface area (Å²) in [6.07, 6.45) is 0.809. The first-order chi connectivity index (χ1) is 12.0. The number of urea groups is 1. The van der Waals surface area contributed by atoms with Crippen LogP contribution in [0, 0.1) is 12.8 Å². The first-order valence-corrected chi connectivity index (χ1v) is 8.44. The lowest BCUT2D eigenvalue weighted by Crippen LogP contribution is -2.48. The minimum absolute atomic E-state index is 0.113. The fourth-order valence-electron chi connectivity index (χ4n) is 2.52. The quantitative estimate of drug-likeness (QED) is 0.727. The zero-order valence-corrected chi connectivity index (χ0v) is 14.9. The maximum Gasteiger partial charge on any atom is 0.333 e. The van der Waals surface area contributed by atoms with Crippen LogP contribution in [0.4, 0.5) is 4.79 Å². The van der Waals surface area contributed by atoms with Gasteiger partial charge < -0.3 is 5.32 Å². The Morgan fingerprint density at radius 1 is 0.920 bits per heavy atom. The smallest absolute Gasteiger partial charge is 0.330 e. The molecule has 0 aromatic heterocycles. The van der Waals surface area contributed by atoms with Gasteiger partial charge in [0.05, 0.1) is 6.04 Å². The van der Waals surface area contributed by atoms with Gasteiger partial charge >= 0.3 is 6.03 Å². The highest BCUT2D eigenvalue weighted by Crippen LogP contribution is 2.20. The molecule has 2 aromatic carbocycles. The Hall–Kier alpha value is -2.82. The van der Waals surface area contributed by atoms with Crippen molar-refractivity contribution in [3.8, 4) is 0 Å². The molecule has 3 amide bonds. The molecule has 5 heteroatoms. The lowest BCUT2D eigenvalue weighted by Gasteiger charge is -2.21. The third-order valence-electron chi connectivity index (χ3n) is 3.82. The number of carbonyl (C=O) groups is 2. The molecule has 0 bridgehead atoms. The number of hydrazine groups is 1. The highest BCUT2D eigenvalue weighted by atomic mass is 16.2. The second-order valence-electron chi connectivity index (χ2n) is 6.51. The largest absolute Gasteiger partial charge is 0.333 e. The molecular formula is C20H25N3O2. The minimum Gasteiger partial charge on any atom is -0.330 e. The van der Waals surface area contributed by atoms with Gasteiger partial charge in [0, 0.05) is 5.56 Å². The Morgan fingerprint density at radius 3 is 2.16 bits per heavy atom. The summed E-state index contributed by atoms with van der Waals surface area (Å²) in [5, 5.41) is 2.92. The summed E-state index contributed by atoms with van der Waals surface area (Å²) in [4.78, 5) is 24.2. The highest BCUT2D eigenvalue weighted by Gasteiger charge is 2.16. The summed E-state index contributed by atoms with van der Waals surface area (Å²) >= 11 is 0. The van der Waals surface area contributed by atoms with Gasteiger partial charge in [0.25, 0.3) is 5.91 Å². The minimum atomic E-state index is -0.435. The molecule has 132 valence electrons. The van der Waals surface area contributed by atoms with E-state index in [-0.39, 0.29) is 11.9 Å². The van der Waals surface area contributed by atoms with E-state index in [2.05, 4.69) is 30.0 Å². The maximum atomic E-state index is 12.2. The second-order valence-corrected chi connectivity index (χ2v) is 6.51. The van der Waals surface area contributed by atoms with E-state index in [1.807, 2.05) is 49.4 Å². The molecule has 3 N–H and O–H groups in total. The summed E-state index contributed by atoms with van der Waals surface area (Å²) in [6, 6.07) is 16.4. The van der Waals surface area contributed by atoms with Gasteiger partial charge in [-0.1, -0.05) is 61.9 Å². The number of rotatable bonds is 5. The lowest BCUT2D eigenvalue weighted by molar-refractivity contribution is 0.0935. The van der Waals surface area contributed by atoms with Gasteiger partial charge in [-0.05, 0) is 37.0 Å². The van der Waals surface area contributed by atoms with Crippen molar-refractivity contribution >= 4 is 11.9 Å². The molecule has 0 spiro atoms. The zero-order valence-electron chi connectivity index (χ0n) is 14.9. The average Bonchev–Trinajstić information content (AvgIpc) is 2.60. The van der Waals surface area contributed by atoms with Crippen LogP contribution >= 0.6 is 0 Å². The monoisotopic (exact) mass is 339 g/mol. The van der Waals surface area contributed by atoms with Crippen molar-refractivity contribution in [3.05, 3.63) is 71.3 Å². The molecule has 0 unspecified atom stereocenters. The SMILES string of the molecule is Cc1ccc(C(=O)NNC(=O)N[C@H](CC(C)C)c2ccccc2)cc1. The van der Waals surface area contributed by atoms with Crippen molar-refractivity contribution in [2.75, 3.05) is 0 Å². The van der Waals surface area contributed by atoms with Crippen LogP contribution in [0.15, 0.2) is 54.6 Å². The van der Waals surface area contributed by atoms with Gasteiger partial charge in [0.15, 0.2) is 0 Å². The van der Waals surface area contributed by atoms with Gasteiger partial charge in [0.1, 0.15) is 0 Å². The molecule has 0 aliphatic heterocycles. The van der Waals surface area contributed by atoms with Crippen LogP contribution in [0.25, 0.3) is 0 Å². The molecule has 0 aliphatic carbocycles. The van der Waals surface area contributed by atoms with Crippen LogP contribution in [-0.4, -0.2) is 11.9 Å². The predicted molar refractivity (Wildman–Crippen MR) is 99.0 cm³/mol. The number of amides is 3. The van der Waals surface area contributed by atoms with Crippen LogP contribution in [0.2, 0.25) is 0 Å². The molecular weight excluding hydrogens is 314 g/mol. The van der Waals surface area contributed by atoms with Gasteiger partial charge in [0.2, 0.25) is 0 Å². The number of nitrogens with one attached hydrogen (secondary N) is 3. The summed E-state index contributed by atoms with van der Waals surface area (Å²) in [5.74, 6) is 0.0722. The Labute approximate surface area is 148 Å². The van der Waals surface area contributed by atoms with E-state index in [4.69, 9.17) is 0 Å². The summed E-state index contributed by atoms with van der Waals surface area (Å²) < 4.78 is 0. The summed E-state index contributed by atoms with van der Waals surface area (Å²) in [5.41, 5.74) is 7.45. The van der Waals surface area contributed by atoms with Crippen LogP contribution in [0.1, 0.15) is 47.8 Å². The second kappa shape index (κ2) is 8.87. The Bertz CT molecular complexity index is 697. The molecule has 5 nitrogen and oxygen atoms in total. The molecule has 0 fully saturated rings. The van der Waals surface area contributed by atoms with E-state index < -0.39 is 6.03 Å². The molecule has 0 radical (unpaired) electrons. The maximum absolute atomic E-state index is 12.2. The number of aryl methyl sites for hydroxylation is 1. The van der Waals surface area contributed by atoms with Crippen molar-refractivity contribution in [2.45, 2.75) is 33.2 Å². The fraction of sp³-hybridized carbons (Fsp3) is 0.300. The van der Waals surface area contributed by atoms with Crippen molar-refractivity contribution in [3.63, 3.8) is 0 Å². The van der Waals surface area contributed by atoms with Gasteiger partial charge in [-0.2, -0.15) is 0 Å². The molecule has 0 heterocycles. The Morgan fingerprint density at radius 2 is 1.56 bits per heavy atom. The lowest BCUT2D eigenvalue weighted by atomic mass is 9.97. The van der Waals surface area contributed by atoms with E-state index in [9.17, 15) is 9.59 Å². The Kier molecular flexibility index (Phi) is 6.57. The van der Waals surface area contributed by atoms with Crippen LogP contribution in [0.3, 0.4) is 0 Å². The molecule has 0 saturated carbocycles. The molecule has 1 atom stereocenters. The molecule has 0 aliphatic rings. The van der Waals surface area contributed by atoms with Crippen molar-refractivity contribution in [1.82, 2.24) is 16.2 Å². The van der Waals surface area contributed by atoms with E-state index >= 15 is 0 Å². The first kappa shape index (κ1) is 18.5. The molecule has 25 heavy (non-hydrogen) atoms. The van der Waals surface area contributed by atoms with E-state index in [0.29, 0.717) is 11.5 Å². The molecule has 0 saturated heterocycles. The van der Waals surface area contributed by atoms with Crippen molar-refractivity contribution in [2.24, 2.45) is 5.92 Å². The van der Waals surface area contributed by atoms with Crippen LogP contribution in [0.5, 0.6) is 0 Å². The van der Waals surface area contributed by atoms with E-state index in [1.54, 1.807) is 12.1 Å². The number of benzene rings is 2. The summed E-state index contributed by atoms with van der Waals surface area (Å²) in [6.45, 7) is 6.16. The molecule has 2 rings (SSSR count). The molecule has 2 aromatic rings. The van der Waals surface area contributed by atoms with E-state index in [0.717, 1.165) is 17.5 Å². The third kappa shape index (κ3) is 5.95. The standard InChI is InChI=1S/C20H25N3O2/c1-14(2)13-18(16-7-5-4-6-8-16)21-20(25)23-22-19(24)17-11-9-15(3)10-12-17/h4-12,14,18H,13H2,1-3H3,(H,22,24)(H2,21,23,25)/t18-/m1/s1. The highest BCUT2D eigenvalue weighted by molar-refractivity contribution is 5.95. The average molecular weight is 339 g/mol. The number of hydrogen-bond donors (Lipinski definition) is 3. The Balaban J connectivity index is 1.92. The van der Waals surface area contributed by atoms with Crippen molar-refractivity contribution in [1.29, 1.82) is 0 Å². The topological polar surface area (TPSA) is 70.2 Å². The van der Waals surface area contributed by atoms with Gasteiger partial charge in [-0.15, -0.1) is 0 Å². The van der Waals surface area contributed by atoms with E-state index in [1.165, 1.54) is 0 Å². The number of hydrogen-bond acceptors (Lipinski definition) is 2. The summed E-state index contributed by atoms with van der Waals surface area (Å²) in [7, 11) is 0. The fourth-order valence-corrected chi connectivity index (χ4v) is 2.52. The first-order valence-electron chi connectivity index (χ1n) is 8.44. The van der Waals surface area contributed by atoms with Gasteiger partial charge in [-0.25, -0.2) is 10.2 Å². The van der Waals surface area contributed by atoms with Crippen LogP contribution < -0.4 is 16.2 Å². The third-order valence-corrected chi connectivity index (χ3v) is 3.82. The van der Waals surface area contributed by atoms with Gasteiger partial charge in [-0.3, -0.25) is 10.2 Å². The van der Waals surface area contributed by atoms with Crippen molar-refractivity contribution < 1.29 is 9.59 Å². The number of carbonyl (C=O) groups excluding carboxylic acids is 2. The predicted octanol–water partition coefficient (Wildman–Crippen LogP) is 3.73. The zero-order chi connectivity index (χ0) is 18.2. The van der Waals surface area contributed by atoms with Crippen LogP contribution in [-0.2, 0) is 0 Å². The normalized spacial score (nSPS) is 11.7.